The van der Waals surface area contributed by atoms with Crippen LogP contribution in [0.5, 0.6) is 0 Å². The third-order valence-corrected chi connectivity index (χ3v) is 5.27. The molecule has 158 valence electrons. The molecule has 0 radical (unpaired) electrons. The zero-order valence-corrected chi connectivity index (χ0v) is 17.8. The highest BCUT2D eigenvalue weighted by Crippen LogP contribution is 2.18. The highest BCUT2D eigenvalue weighted by atomic mass is 16.5. The molecule has 1 N–H and O–H groups in total. The van der Waals surface area contributed by atoms with Crippen LogP contribution in [0.15, 0.2) is 36.7 Å². The number of rotatable bonds is 8. The molecule has 0 saturated heterocycles. The lowest BCUT2D eigenvalue weighted by Crippen LogP contribution is -2.38. The van der Waals surface area contributed by atoms with E-state index in [1.165, 1.54) is 11.9 Å². The summed E-state index contributed by atoms with van der Waals surface area (Å²) < 4.78 is 6.95. The van der Waals surface area contributed by atoms with Gasteiger partial charge in [0.15, 0.2) is 6.10 Å². The summed E-state index contributed by atoms with van der Waals surface area (Å²) in [7, 11) is 0. The number of fused-ring (bicyclic) bond motifs is 1. The molecule has 0 aliphatic rings. The Bertz CT molecular complexity index is 1030. The number of benzene rings is 1. The van der Waals surface area contributed by atoms with Crippen molar-refractivity contribution in [3.8, 4) is 0 Å². The second-order valence-electron chi connectivity index (χ2n) is 7.30. The Balaban J connectivity index is 1.57. The molecule has 0 bridgehead atoms. The van der Waals surface area contributed by atoms with Gasteiger partial charge in [0, 0.05) is 29.4 Å². The highest BCUT2D eigenvalue weighted by Gasteiger charge is 2.21. The van der Waals surface area contributed by atoms with E-state index in [2.05, 4.69) is 39.4 Å². The van der Waals surface area contributed by atoms with Crippen molar-refractivity contribution in [3.05, 3.63) is 59.2 Å². The van der Waals surface area contributed by atoms with Crippen LogP contribution in [0.2, 0.25) is 0 Å². The van der Waals surface area contributed by atoms with Crippen molar-refractivity contribution in [2.75, 3.05) is 6.54 Å². The SMILES string of the molecule is CC[C@@H](CNC(=O)[C@H](C)OC(=O)Cc1c(C)nc2ncnn2c1C)c1ccccc1. The van der Waals surface area contributed by atoms with Crippen LogP contribution in [-0.2, 0) is 20.7 Å². The van der Waals surface area contributed by atoms with Crippen molar-refractivity contribution < 1.29 is 14.3 Å². The number of hydrogen-bond acceptors (Lipinski definition) is 6. The monoisotopic (exact) mass is 409 g/mol. The summed E-state index contributed by atoms with van der Waals surface area (Å²) in [4.78, 5) is 33.3. The Morgan fingerprint density at radius 2 is 1.93 bits per heavy atom. The van der Waals surface area contributed by atoms with Crippen LogP contribution in [0, 0.1) is 13.8 Å². The molecule has 0 aliphatic carbocycles. The first-order valence-electron chi connectivity index (χ1n) is 10.1. The van der Waals surface area contributed by atoms with Crippen molar-refractivity contribution in [1.29, 1.82) is 0 Å². The van der Waals surface area contributed by atoms with Gasteiger partial charge in [-0.3, -0.25) is 9.59 Å². The Kier molecular flexibility index (Phi) is 6.76. The summed E-state index contributed by atoms with van der Waals surface area (Å²) in [6, 6.07) is 10.0. The number of carbonyl (C=O) groups excluding carboxylic acids is 2. The summed E-state index contributed by atoms with van der Waals surface area (Å²) in [6.45, 7) is 7.82. The second kappa shape index (κ2) is 9.47. The predicted octanol–water partition coefficient (Wildman–Crippen LogP) is 2.53. The maximum atomic E-state index is 12.4. The Morgan fingerprint density at radius 1 is 1.20 bits per heavy atom. The molecular formula is C22H27N5O3. The molecule has 0 unspecified atom stereocenters. The fourth-order valence-electron chi connectivity index (χ4n) is 3.44. The van der Waals surface area contributed by atoms with Gasteiger partial charge in [-0.1, -0.05) is 37.3 Å². The summed E-state index contributed by atoms with van der Waals surface area (Å²) in [5.74, 6) is -0.0983. The van der Waals surface area contributed by atoms with E-state index in [-0.39, 0.29) is 18.2 Å². The van der Waals surface area contributed by atoms with Crippen LogP contribution >= 0.6 is 0 Å². The lowest BCUT2D eigenvalue weighted by atomic mass is 9.96. The average Bonchev–Trinajstić information content (AvgIpc) is 3.20. The number of esters is 1. The maximum Gasteiger partial charge on any atom is 0.311 e. The van der Waals surface area contributed by atoms with Crippen molar-refractivity contribution in [3.63, 3.8) is 0 Å². The van der Waals surface area contributed by atoms with Gasteiger partial charge in [0.25, 0.3) is 11.7 Å². The molecule has 0 saturated carbocycles. The molecule has 30 heavy (non-hydrogen) atoms. The molecular weight excluding hydrogens is 382 g/mol. The summed E-state index contributed by atoms with van der Waals surface area (Å²) in [5, 5.41) is 7.01. The van der Waals surface area contributed by atoms with Crippen LogP contribution in [-0.4, -0.2) is 44.1 Å². The van der Waals surface area contributed by atoms with Gasteiger partial charge in [-0.05, 0) is 32.8 Å². The quantitative estimate of drug-likeness (QED) is 0.574. The van der Waals surface area contributed by atoms with Gasteiger partial charge < -0.3 is 10.1 Å². The lowest BCUT2D eigenvalue weighted by Gasteiger charge is -2.19. The van der Waals surface area contributed by atoms with Crippen LogP contribution < -0.4 is 5.32 Å². The van der Waals surface area contributed by atoms with Crippen molar-refractivity contribution in [1.82, 2.24) is 24.9 Å². The third kappa shape index (κ3) is 4.82. The number of ether oxygens (including phenoxy) is 1. The van der Waals surface area contributed by atoms with Crippen LogP contribution in [0.25, 0.3) is 5.78 Å². The predicted molar refractivity (Wildman–Crippen MR) is 112 cm³/mol. The van der Waals surface area contributed by atoms with E-state index in [1.807, 2.05) is 32.0 Å². The number of amides is 1. The van der Waals surface area contributed by atoms with Gasteiger partial charge in [0.2, 0.25) is 0 Å². The zero-order chi connectivity index (χ0) is 21.7. The molecule has 0 spiro atoms. The average molecular weight is 409 g/mol. The minimum atomic E-state index is -0.880. The number of aryl methyl sites for hydroxylation is 2. The van der Waals surface area contributed by atoms with Crippen LogP contribution in [0.3, 0.4) is 0 Å². The second-order valence-corrected chi connectivity index (χ2v) is 7.30. The molecule has 3 rings (SSSR count). The largest absolute Gasteiger partial charge is 0.452 e. The molecule has 3 aromatic rings. The van der Waals surface area contributed by atoms with E-state index >= 15 is 0 Å². The smallest absolute Gasteiger partial charge is 0.311 e. The summed E-state index contributed by atoms with van der Waals surface area (Å²) in [6.07, 6.45) is 1.45. The Hall–Kier alpha value is -3.29. The number of nitrogens with zero attached hydrogens (tertiary/aromatic N) is 4. The first kappa shape index (κ1) is 21.4. The van der Waals surface area contributed by atoms with E-state index in [9.17, 15) is 9.59 Å². The van der Waals surface area contributed by atoms with Crippen molar-refractivity contribution in [2.45, 2.75) is 52.6 Å². The Labute approximate surface area is 175 Å². The van der Waals surface area contributed by atoms with Crippen LogP contribution in [0.4, 0.5) is 0 Å². The van der Waals surface area contributed by atoms with Crippen molar-refractivity contribution >= 4 is 17.7 Å². The van der Waals surface area contributed by atoms with E-state index in [4.69, 9.17) is 4.74 Å². The van der Waals surface area contributed by atoms with Gasteiger partial charge in [-0.15, -0.1) is 0 Å². The number of carbonyl (C=O) groups is 2. The fraction of sp³-hybridized carbons (Fsp3) is 0.409. The van der Waals surface area contributed by atoms with E-state index in [0.717, 1.165) is 17.7 Å². The standard InChI is InChI=1S/C22H27N5O3/c1-5-17(18-9-7-6-8-10-18)12-23-21(29)16(4)30-20(28)11-19-14(2)26-22-24-13-25-27(22)15(19)3/h6-10,13,16-17H,5,11-12H2,1-4H3,(H,23,29)/t16-,17-/m0/s1. The number of aromatic nitrogens is 4. The maximum absolute atomic E-state index is 12.4. The number of nitrogens with one attached hydrogen (secondary N) is 1. The van der Waals surface area contributed by atoms with Gasteiger partial charge in [0.1, 0.15) is 6.33 Å². The minimum Gasteiger partial charge on any atom is -0.452 e. The fourth-order valence-corrected chi connectivity index (χ4v) is 3.44. The lowest BCUT2D eigenvalue weighted by molar-refractivity contribution is -0.154. The normalized spacial score (nSPS) is 13.1. The van der Waals surface area contributed by atoms with Gasteiger partial charge in [-0.2, -0.15) is 10.1 Å². The highest BCUT2D eigenvalue weighted by molar-refractivity contribution is 5.84. The van der Waals surface area contributed by atoms with Gasteiger partial charge in [-0.25, -0.2) is 9.50 Å². The molecule has 0 fully saturated rings. The van der Waals surface area contributed by atoms with E-state index in [0.29, 0.717) is 18.0 Å². The molecule has 8 heteroatoms. The first-order valence-corrected chi connectivity index (χ1v) is 10.1. The van der Waals surface area contributed by atoms with Gasteiger partial charge in [0.05, 0.1) is 6.42 Å². The molecule has 2 atom stereocenters. The molecule has 2 aromatic heterocycles. The molecule has 2 heterocycles. The van der Waals surface area contributed by atoms with Gasteiger partial charge >= 0.3 is 5.97 Å². The molecule has 1 aromatic carbocycles. The zero-order valence-electron chi connectivity index (χ0n) is 17.8. The Morgan fingerprint density at radius 3 is 2.63 bits per heavy atom. The number of hydrogen-bond donors (Lipinski definition) is 1. The molecule has 1 amide bonds. The molecule has 8 nitrogen and oxygen atoms in total. The van der Waals surface area contributed by atoms with Crippen molar-refractivity contribution in [2.24, 2.45) is 0 Å². The van der Waals surface area contributed by atoms with E-state index in [1.54, 1.807) is 11.4 Å². The van der Waals surface area contributed by atoms with E-state index < -0.39 is 12.1 Å². The summed E-state index contributed by atoms with van der Waals surface area (Å²) >= 11 is 0. The first-order chi connectivity index (χ1) is 14.4. The third-order valence-electron chi connectivity index (χ3n) is 5.27. The topological polar surface area (TPSA) is 98.5 Å². The summed E-state index contributed by atoms with van der Waals surface area (Å²) in [5.41, 5.74) is 3.36. The van der Waals surface area contributed by atoms with Crippen LogP contribution in [0.1, 0.15) is 48.7 Å². The minimum absolute atomic E-state index is 0.0136. The molecule has 0 aliphatic heterocycles.